The van der Waals surface area contributed by atoms with Gasteiger partial charge in [0.2, 0.25) is 0 Å². The van der Waals surface area contributed by atoms with E-state index in [-0.39, 0.29) is 5.56 Å². The predicted molar refractivity (Wildman–Crippen MR) is 58.8 cm³/mol. The average Bonchev–Trinajstić information content (AvgIpc) is 2.20. The molecule has 0 fully saturated rings. The molecule has 0 atom stereocenters. The van der Waals surface area contributed by atoms with Crippen LogP contribution in [0.5, 0.6) is 0 Å². The Balaban J connectivity index is 2.21. The minimum Gasteiger partial charge on any atom is -0.380 e. The Hall–Kier alpha value is -1.16. The van der Waals surface area contributed by atoms with Crippen LogP contribution >= 0.6 is 0 Å². The van der Waals surface area contributed by atoms with Gasteiger partial charge in [0.15, 0.2) is 0 Å². The maximum absolute atomic E-state index is 11.3. The van der Waals surface area contributed by atoms with Crippen LogP contribution in [0.1, 0.15) is 20.3 Å². The highest BCUT2D eigenvalue weighted by Gasteiger charge is 1.96. The van der Waals surface area contributed by atoms with Crippen LogP contribution < -0.4 is 5.56 Å². The van der Waals surface area contributed by atoms with Crippen LogP contribution in [-0.4, -0.2) is 22.8 Å². The molecule has 1 rings (SSSR count). The second-order valence-corrected chi connectivity index (χ2v) is 3.91. The van der Waals surface area contributed by atoms with Crippen molar-refractivity contribution >= 4 is 0 Å². The molecule has 0 saturated carbocycles. The molecule has 0 amide bonds. The number of nitrogens with zero attached hydrogens (tertiary/aromatic N) is 2. The highest BCUT2D eigenvalue weighted by Crippen LogP contribution is 1.98. The molecule has 0 aliphatic heterocycles. The van der Waals surface area contributed by atoms with E-state index < -0.39 is 0 Å². The highest BCUT2D eigenvalue weighted by atomic mass is 16.5. The second kappa shape index (κ2) is 6.35. The Labute approximate surface area is 89.9 Å². The Morgan fingerprint density at radius 3 is 2.93 bits per heavy atom. The van der Waals surface area contributed by atoms with Crippen molar-refractivity contribution in [1.29, 1.82) is 0 Å². The molecule has 0 spiro atoms. The number of ether oxygens (including phenoxy) is 1. The molecule has 1 heterocycles. The molecular weight excluding hydrogens is 192 g/mol. The summed E-state index contributed by atoms with van der Waals surface area (Å²) in [4.78, 5) is 15.1. The van der Waals surface area contributed by atoms with Gasteiger partial charge in [0, 0.05) is 18.9 Å². The standard InChI is InChI=1S/C11H18N2O2/c1-10(2)4-7-15-8-6-13-9-12-5-3-11(13)14/h3,5,9-10H,4,6-8H2,1-2H3. The molecule has 0 unspecified atom stereocenters. The first kappa shape index (κ1) is 11.9. The summed E-state index contributed by atoms with van der Waals surface area (Å²) < 4.78 is 6.97. The van der Waals surface area contributed by atoms with Crippen molar-refractivity contribution in [3.05, 3.63) is 28.9 Å². The summed E-state index contributed by atoms with van der Waals surface area (Å²) in [5.74, 6) is 0.658. The highest BCUT2D eigenvalue weighted by molar-refractivity contribution is 4.81. The van der Waals surface area contributed by atoms with Crippen LogP contribution in [0.4, 0.5) is 0 Å². The molecule has 84 valence electrons. The zero-order chi connectivity index (χ0) is 11.1. The molecule has 4 heteroatoms. The van der Waals surface area contributed by atoms with Crippen LogP contribution in [0, 0.1) is 5.92 Å². The van der Waals surface area contributed by atoms with E-state index in [9.17, 15) is 4.79 Å². The largest absolute Gasteiger partial charge is 0.380 e. The molecule has 0 bridgehead atoms. The van der Waals surface area contributed by atoms with Crippen molar-refractivity contribution in [2.24, 2.45) is 5.92 Å². The third-order valence-electron chi connectivity index (χ3n) is 2.11. The zero-order valence-corrected chi connectivity index (χ0v) is 9.35. The Morgan fingerprint density at radius 1 is 1.47 bits per heavy atom. The molecule has 0 aliphatic rings. The van der Waals surface area contributed by atoms with Crippen molar-refractivity contribution in [2.75, 3.05) is 13.2 Å². The molecule has 0 N–H and O–H groups in total. The van der Waals surface area contributed by atoms with E-state index in [1.54, 1.807) is 4.57 Å². The van der Waals surface area contributed by atoms with Crippen molar-refractivity contribution < 1.29 is 4.74 Å². The van der Waals surface area contributed by atoms with E-state index in [4.69, 9.17) is 4.74 Å². The summed E-state index contributed by atoms with van der Waals surface area (Å²) in [6.45, 7) is 6.22. The van der Waals surface area contributed by atoms with E-state index in [0.717, 1.165) is 13.0 Å². The maximum atomic E-state index is 11.3. The molecule has 1 aromatic rings. The van der Waals surface area contributed by atoms with Gasteiger partial charge in [0.1, 0.15) is 0 Å². The van der Waals surface area contributed by atoms with Gasteiger partial charge in [-0.1, -0.05) is 13.8 Å². The van der Waals surface area contributed by atoms with Gasteiger partial charge in [-0.25, -0.2) is 4.98 Å². The van der Waals surface area contributed by atoms with Crippen molar-refractivity contribution in [3.63, 3.8) is 0 Å². The number of aromatic nitrogens is 2. The topological polar surface area (TPSA) is 44.1 Å². The normalized spacial score (nSPS) is 10.9. The molecule has 4 nitrogen and oxygen atoms in total. The van der Waals surface area contributed by atoms with Crippen molar-refractivity contribution in [3.8, 4) is 0 Å². The van der Waals surface area contributed by atoms with Crippen molar-refractivity contribution in [2.45, 2.75) is 26.8 Å². The number of hydrogen-bond acceptors (Lipinski definition) is 3. The second-order valence-electron chi connectivity index (χ2n) is 3.91. The van der Waals surface area contributed by atoms with E-state index in [2.05, 4.69) is 18.8 Å². The first-order valence-electron chi connectivity index (χ1n) is 5.28. The fraction of sp³-hybridized carbons (Fsp3) is 0.636. The molecule has 0 saturated heterocycles. The fourth-order valence-corrected chi connectivity index (χ4v) is 1.13. The minimum atomic E-state index is -0.0301. The first-order valence-corrected chi connectivity index (χ1v) is 5.28. The Kier molecular flexibility index (Phi) is 5.04. The van der Waals surface area contributed by atoms with Crippen LogP contribution in [-0.2, 0) is 11.3 Å². The summed E-state index contributed by atoms with van der Waals surface area (Å²) in [7, 11) is 0. The van der Waals surface area contributed by atoms with Gasteiger partial charge in [0.25, 0.3) is 5.56 Å². The number of hydrogen-bond donors (Lipinski definition) is 0. The van der Waals surface area contributed by atoms with Crippen LogP contribution in [0.2, 0.25) is 0 Å². The Bertz CT molecular complexity index is 333. The summed E-state index contributed by atoms with van der Waals surface area (Å²) in [6.07, 6.45) is 4.09. The third kappa shape index (κ3) is 4.74. The lowest BCUT2D eigenvalue weighted by Gasteiger charge is -2.07. The van der Waals surface area contributed by atoms with E-state index in [1.165, 1.54) is 18.6 Å². The summed E-state index contributed by atoms with van der Waals surface area (Å²) in [5, 5.41) is 0. The smallest absolute Gasteiger partial charge is 0.253 e. The molecular formula is C11H18N2O2. The van der Waals surface area contributed by atoms with Crippen LogP contribution in [0.15, 0.2) is 23.4 Å². The van der Waals surface area contributed by atoms with Crippen LogP contribution in [0.3, 0.4) is 0 Å². The molecule has 0 aliphatic carbocycles. The van der Waals surface area contributed by atoms with Gasteiger partial charge >= 0.3 is 0 Å². The van der Waals surface area contributed by atoms with Gasteiger partial charge in [-0.15, -0.1) is 0 Å². The lowest BCUT2D eigenvalue weighted by atomic mass is 10.1. The monoisotopic (exact) mass is 210 g/mol. The summed E-state index contributed by atoms with van der Waals surface area (Å²) in [5.41, 5.74) is -0.0301. The predicted octanol–water partition coefficient (Wildman–Crippen LogP) is 1.31. The maximum Gasteiger partial charge on any atom is 0.253 e. The zero-order valence-electron chi connectivity index (χ0n) is 9.35. The van der Waals surface area contributed by atoms with Gasteiger partial charge in [-0.2, -0.15) is 0 Å². The summed E-state index contributed by atoms with van der Waals surface area (Å²) in [6, 6.07) is 1.45. The minimum absolute atomic E-state index is 0.0301. The fourth-order valence-electron chi connectivity index (χ4n) is 1.13. The van der Waals surface area contributed by atoms with Gasteiger partial charge < -0.3 is 4.74 Å². The van der Waals surface area contributed by atoms with Gasteiger partial charge in [0.05, 0.1) is 19.5 Å². The number of rotatable bonds is 6. The Morgan fingerprint density at radius 2 is 2.27 bits per heavy atom. The van der Waals surface area contributed by atoms with Crippen LogP contribution in [0.25, 0.3) is 0 Å². The van der Waals surface area contributed by atoms with E-state index in [1.807, 2.05) is 0 Å². The lowest BCUT2D eigenvalue weighted by Crippen LogP contribution is -2.21. The SMILES string of the molecule is CC(C)CCOCCn1cnccc1=O. The quantitative estimate of drug-likeness (QED) is 0.665. The van der Waals surface area contributed by atoms with E-state index >= 15 is 0 Å². The van der Waals surface area contributed by atoms with Gasteiger partial charge in [-0.05, 0) is 12.3 Å². The van der Waals surface area contributed by atoms with Gasteiger partial charge in [-0.3, -0.25) is 9.36 Å². The van der Waals surface area contributed by atoms with Crippen molar-refractivity contribution in [1.82, 2.24) is 9.55 Å². The first-order chi connectivity index (χ1) is 7.20. The average molecular weight is 210 g/mol. The molecule has 0 radical (unpaired) electrons. The summed E-state index contributed by atoms with van der Waals surface area (Å²) >= 11 is 0. The molecule has 1 aromatic heterocycles. The third-order valence-corrected chi connectivity index (χ3v) is 2.11. The van der Waals surface area contributed by atoms with E-state index in [0.29, 0.717) is 19.1 Å². The molecule has 15 heavy (non-hydrogen) atoms. The lowest BCUT2D eigenvalue weighted by molar-refractivity contribution is 0.115. The molecule has 0 aromatic carbocycles.